The maximum atomic E-state index is 8.24. The molecule has 100 valence electrons. The molecule has 4 nitrogen and oxygen atoms in total. The van der Waals surface area contributed by atoms with Crippen LogP contribution in [0, 0.1) is 5.41 Å². The molecule has 1 unspecified atom stereocenters. The third kappa shape index (κ3) is 2.03. The van der Waals surface area contributed by atoms with Gasteiger partial charge in [0.2, 0.25) is 0 Å². The number of nitrogens with zero attached hydrogens (tertiary/aromatic N) is 2. The Bertz CT molecular complexity index is 558. The molecule has 3 heterocycles. The van der Waals surface area contributed by atoms with E-state index in [1.54, 1.807) is 11.3 Å². The number of halogens is 1. The van der Waals surface area contributed by atoms with E-state index in [0.29, 0.717) is 5.96 Å². The molecular formula is C12H16BBrN4S. The number of aliphatic imine (C=N–C) groups is 1. The Kier molecular flexibility index (Phi) is 3.21. The molecule has 7 heteroatoms. The van der Waals surface area contributed by atoms with E-state index in [-0.39, 0.29) is 11.4 Å². The maximum Gasteiger partial charge on any atom is 0.197 e. The summed E-state index contributed by atoms with van der Waals surface area (Å²) in [5.41, 5.74) is -0.250. The lowest BCUT2D eigenvalue weighted by Gasteiger charge is -2.48. The summed E-state index contributed by atoms with van der Waals surface area (Å²) in [5, 5.41) is 13.7. The van der Waals surface area contributed by atoms with Crippen LogP contribution >= 0.6 is 27.3 Å². The molecule has 0 saturated carbocycles. The molecule has 0 radical (unpaired) electrons. The molecule has 1 fully saturated rings. The van der Waals surface area contributed by atoms with Crippen molar-refractivity contribution in [3.05, 3.63) is 20.8 Å². The van der Waals surface area contributed by atoms with Crippen molar-refractivity contribution in [3.63, 3.8) is 0 Å². The summed E-state index contributed by atoms with van der Waals surface area (Å²) in [6.07, 6.45) is 1.03. The summed E-state index contributed by atoms with van der Waals surface area (Å²) >= 11 is 5.24. The van der Waals surface area contributed by atoms with Crippen molar-refractivity contribution in [1.82, 2.24) is 10.2 Å². The Morgan fingerprint density at radius 3 is 3.16 bits per heavy atom. The van der Waals surface area contributed by atoms with Crippen molar-refractivity contribution >= 4 is 46.9 Å². The van der Waals surface area contributed by atoms with E-state index in [9.17, 15) is 0 Å². The smallest absolute Gasteiger partial charge is 0.197 e. The number of rotatable bonds is 1. The standard InChI is InChI=1S/C12H16BBrN4S/c1-12(8-5-7(14)6-19-8)9(13)10-16-3-2-4-18(10)11(15)17-12/h5-6,9H,2-4,13H2,1H3,(H2,15,17)/t9?,12-/m1/s1. The van der Waals surface area contributed by atoms with E-state index in [2.05, 4.69) is 52.5 Å². The van der Waals surface area contributed by atoms with Gasteiger partial charge in [-0.1, -0.05) is 0 Å². The first-order valence-corrected chi connectivity index (χ1v) is 8.13. The number of hydrogen-bond acceptors (Lipinski definition) is 3. The van der Waals surface area contributed by atoms with Crippen molar-refractivity contribution in [1.29, 1.82) is 5.41 Å². The van der Waals surface area contributed by atoms with Crippen LogP contribution < -0.4 is 5.32 Å². The Labute approximate surface area is 126 Å². The van der Waals surface area contributed by atoms with Gasteiger partial charge >= 0.3 is 0 Å². The highest BCUT2D eigenvalue weighted by atomic mass is 79.9. The zero-order valence-corrected chi connectivity index (χ0v) is 13.4. The largest absolute Gasteiger partial charge is 0.346 e. The van der Waals surface area contributed by atoms with Gasteiger partial charge in [-0.3, -0.25) is 10.4 Å². The predicted octanol–water partition coefficient (Wildman–Crippen LogP) is 1.79. The number of thiophene rings is 1. The topological polar surface area (TPSA) is 51.5 Å². The lowest BCUT2D eigenvalue weighted by molar-refractivity contribution is 0.368. The summed E-state index contributed by atoms with van der Waals surface area (Å²) in [4.78, 5) is 7.92. The Morgan fingerprint density at radius 2 is 2.47 bits per heavy atom. The lowest BCUT2D eigenvalue weighted by Crippen LogP contribution is -2.63. The second kappa shape index (κ2) is 4.63. The van der Waals surface area contributed by atoms with Gasteiger partial charge in [0.1, 0.15) is 13.7 Å². The fourth-order valence-electron chi connectivity index (χ4n) is 2.76. The van der Waals surface area contributed by atoms with Crippen LogP contribution in [-0.2, 0) is 5.54 Å². The average Bonchev–Trinajstić information content (AvgIpc) is 2.84. The molecule has 3 rings (SSSR count). The fraction of sp³-hybridized carbons (Fsp3) is 0.500. The molecular weight excluding hydrogens is 323 g/mol. The molecule has 2 atom stereocenters. The predicted molar refractivity (Wildman–Crippen MR) is 86.2 cm³/mol. The molecule has 0 amide bonds. The SMILES string of the molecule is BC1C2=NCCCN2C(=N)N[C@]1(C)c1cc(Br)cs1. The fourth-order valence-corrected chi connectivity index (χ4v) is 4.40. The Hall–Kier alpha value is -0.815. The van der Waals surface area contributed by atoms with Crippen LogP contribution in [0.2, 0.25) is 5.82 Å². The minimum absolute atomic E-state index is 0.250. The summed E-state index contributed by atoms with van der Waals surface area (Å²) in [6.45, 7) is 3.95. The second-order valence-electron chi connectivity index (χ2n) is 5.27. The van der Waals surface area contributed by atoms with E-state index in [4.69, 9.17) is 5.41 Å². The highest BCUT2D eigenvalue weighted by Gasteiger charge is 2.45. The average molecular weight is 339 g/mol. The highest BCUT2D eigenvalue weighted by molar-refractivity contribution is 9.10. The summed E-state index contributed by atoms with van der Waals surface area (Å²) in [5.74, 6) is 1.79. The van der Waals surface area contributed by atoms with E-state index >= 15 is 0 Å². The van der Waals surface area contributed by atoms with E-state index in [0.717, 1.165) is 29.8 Å². The first-order chi connectivity index (χ1) is 9.02. The van der Waals surface area contributed by atoms with Gasteiger partial charge in [0.05, 0.1) is 5.54 Å². The molecule has 0 aromatic carbocycles. The zero-order valence-electron chi connectivity index (χ0n) is 11.0. The number of amidine groups is 1. The first-order valence-electron chi connectivity index (χ1n) is 6.45. The molecule has 1 aromatic rings. The minimum Gasteiger partial charge on any atom is -0.346 e. The van der Waals surface area contributed by atoms with Crippen molar-refractivity contribution in [2.75, 3.05) is 13.1 Å². The second-order valence-corrected chi connectivity index (χ2v) is 7.10. The van der Waals surface area contributed by atoms with Crippen molar-refractivity contribution in [3.8, 4) is 0 Å². The number of nitrogens with one attached hydrogen (secondary N) is 2. The minimum atomic E-state index is -0.250. The van der Waals surface area contributed by atoms with Gasteiger partial charge in [-0.15, -0.1) is 11.3 Å². The van der Waals surface area contributed by atoms with Crippen LogP contribution in [0.3, 0.4) is 0 Å². The molecule has 2 N–H and O–H groups in total. The summed E-state index contributed by atoms with van der Waals surface area (Å²) in [7, 11) is 2.20. The van der Waals surface area contributed by atoms with Crippen LogP contribution in [-0.4, -0.2) is 37.6 Å². The van der Waals surface area contributed by atoms with E-state index in [1.807, 2.05) is 4.90 Å². The normalized spacial score (nSPS) is 30.6. The number of fused-ring (bicyclic) bond motifs is 1. The van der Waals surface area contributed by atoms with Crippen LogP contribution in [0.4, 0.5) is 0 Å². The van der Waals surface area contributed by atoms with Gasteiger partial charge in [-0.2, -0.15) is 0 Å². The quantitative estimate of drug-likeness (QED) is 0.767. The van der Waals surface area contributed by atoms with Crippen molar-refractivity contribution in [2.45, 2.75) is 24.7 Å². The third-order valence-corrected chi connectivity index (χ3v) is 6.00. The summed E-state index contributed by atoms with van der Waals surface area (Å²) < 4.78 is 1.10. The van der Waals surface area contributed by atoms with Crippen LogP contribution in [0.5, 0.6) is 0 Å². The molecule has 0 aliphatic carbocycles. The molecule has 0 spiro atoms. The van der Waals surface area contributed by atoms with Crippen LogP contribution in [0.25, 0.3) is 0 Å². The molecule has 2 aliphatic heterocycles. The van der Waals surface area contributed by atoms with Crippen LogP contribution in [0.15, 0.2) is 20.9 Å². The molecule has 2 aliphatic rings. The third-order valence-electron chi connectivity index (χ3n) is 4.07. The number of guanidine groups is 1. The van der Waals surface area contributed by atoms with E-state index < -0.39 is 0 Å². The molecule has 1 saturated heterocycles. The summed E-state index contributed by atoms with van der Waals surface area (Å²) in [6, 6.07) is 2.14. The van der Waals surface area contributed by atoms with Gasteiger partial charge in [0.15, 0.2) is 5.96 Å². The highest BCUT2D eigenvalue weighted by Crippen LogP contribution is 2.41. The first kappa shape index (κ1) is 13.2. The van der Waals surface area contributed by atoms with Gasteiger partial charge in [-0.05, 0) is 35.3 Å². The maximum absolute atomic E-state index is 8.24. The van der Waals surface area contributed by atoms with Crippen molar-refractivity contribution in [2.24, 2.45) is 4.99 Å². The monoisotopic (exact) mass is 338 g/mol. The van der Waals surface area contributed by atoms with Gasteiger partial charge in [0.25, 0.3) is 0 Å². The lowest BCUT2D eigenvalue weighted by atomic mass is 9.68. The van der Waals surface area contributed by atoms with Crippen molar-refractivity contribution < 1.29 is 0 Å². The molecule has 1 aromatic heterocycles. The molecule has 0 bridgehead atoms. The molecule has 19 heavy (non-hydrogen) atoms. The van der Waals surface area contributed by atoms with E-state index in [1.165, 1.54) is 4.88 Å². The van der Waals surface area contributed by atoms with Gasteiger partial charge in [0, 0.05) is 33.6 Å². The zero-order chi connectivity index (χ0) is 13.6. The van der Waals surface area contributed by atoms with Crippen LogP contribution in [0.1, 0.15) is 18.2 Å². The Morgan fingerprint density at radius 1 is 1.68 bits per heavy atom. The van der Waals surface area contributed by atoms with Gasteiger partial charge < -0.3 is 10.2 Å². The van der Waals surface area contributed by atoms with Gasteiger partial charge in [-0.25, -0.2) is 0 Å². The number of hydrogen-bond donors (Lipinski definition) is 2. The Balaban J connectivity index is 2.03.